The van der Waals surface area contributed by atoms with Gasteiger partial charge in [-0.25, -0.2) is 4.98 Å². The van der Waals surface area contributed by atoms with E-state index in [4.69, 9.17) is 5.73 Å². The fourth-order valence-corrected chi connectivity index (χ4v) is 2.61. The SMILES string of the molecule is NCc1cc(-c2ccc3ccccc3n2)cs1. The molecule has 0 unspecified atom stereocenters. The number of hydrogen-bond donors (Lipinski definition) is 1. The maximum Gasteiger partial charge on any atom is 0.0718 e. The Balaban J connectivity index is 2.11. The van der Waals surface area contributed by atoms with Gasteiger partial charge in [0.2, 0.25) is 0 Å². The average Bonchev–Trinajstić information content (AvgIpc) is 2.87. The summed E-state index contributed by atoms with van der Waals surface area (Å²) in [7, 11) is 0. The molecule has 3 heteroatoms. The van der Waals surface area contributed by atoms with Crippen molar-refractivity contribution in [2.24, 2.45) is 5.73 Å². The standard InChI is InChI=1S/C14H12N2S/c15-8-12-7-11(9-17-12)14-6-5-10-3-1-2-4-13(10)16-14/h1-7,9H,8,15H2. The van der Waals surface area contributed by atoms with E-state index in [0.717, 1.165) is 16.8 Å². The van der Waals surface area contributed by atoms with Crippen molar-refractivity contribution >= 4 is 22.2 Å². The molecule has 17 heavy (non-hydrogen) atoms. The Morgan fingerprint density at radius 2 is 2.00 bits per heavy atom. The quantitative estimate of drug-likeness (QED) is 0.745. The third kappa shape index (κ3) is 1.95. The normalized spacial score (nSPS) is 10.9. The molecule has 3 rings (SSSR count). The molecule has 2 heterocycles. The fraction of sp³-hybridized carbons (Fsp3) is 0.0714. The Morgan fingerprint density at radius 3 is 2.82 bits per heavy atom. The molecule has 0 fully saturated rings. The van der Waals surface area contributed by atoms with Crippen molar-refractivity contribution in [2.45, 2.75) is 6.54 Å². The molecule has 0 aliphatic rings. The van der Waals surface area contributed by atoms with Gasteiger partial charge in [0.15, 0.2) is 0 Å². The van der Waals surface area contributed by atoms with Crippen LogP contribution in [0.1, 0.15) is 4.88 Å². The van der Waals surface area contributed by atoms with Gasteiger partial charge in [-0.05, 0) is 18.2 Å². The summed E-state index contributed by atoms with van der Waals surface area (Å²) < 4.78 is 0. The number of fused-ring (bicyclic) bond motifs is 1. The molecule has 2 nitrogen and oxygen atoms in total. The van der Waals surface area contributed by atoms with E-state index in [1.54, 1.807) is 11.3 Å². The number of aromatic nitrogens is 1. The zero-order valence-corrected chi connectivity index (χ0v) is 10.1. The smallest absolute Gasteiger partial charge is 0.0718 e. The van der Waals surface area contributed by atoms with Crippen LogP contribution in [0.15, 0.2) is 47.8 Å². The number of rotatable bonds is 2. The molecule has 3 aromatic rings. The van der Waals surface area contributed by atoms with E-state index in [9.17, 15) is 0 Å². The van der Waals surface area contributed by atoms with Crippen LogP contribution in [-0.4, -0.2) is 4.98 Å². The van der Waals surface area contributed by atoms with Crippen molar-refractivity contribution in [2.75, 3.05) is 0 Å². The molecule has 0 atom stereocenters. The minimum Gasteiger partial charge on any atom is -0.326 e. The maximum absolute atomic E-state index is 5.62. The lowest BCUT2D eigenvalue weighted by atomic mass is 10.1. The van der Waals surface area contributed by atoms with Gasteiger partial charge in [-0.15, -0.1) is 11.3 Å². The minimum absolute atomic E-state index is 0.595. The second-order valence-electron chi connectivity index (χ2n) is 3.90. The third-order valence-corrected chi connectivity index (χ3v) is 3.71. The number of pyridine rings is 1. The molecule has 0 aliphatic carbocycles. The number of nitrogens with zero attached hydrogens (tertiary/aromatic N) is 1. The van der Waals surface area contributed by atoms with Crippen LogP contribution in [0.25, 0.3) is 22.2 Å². The minimum atomic E-state index is 0.595. The van der Waals surface area contributed by atoms with Crippen molar-refractivity contribution in [1.29, 1.82) is 0 Å². The van der Waals surface area contributed by atoms with Crippen molar-refractivity contribution < 1.29 is 0 Å². The summed E-state index contributed by atoms with van der Waals surface area (Å²) in [6.07, 6.45) is 0. The lowest BCUT2D eigenvalue weighted by Crippen LogP contribution is -1.91. The molecule has 84 valence electrons. The first-order chi connectivity index (χ1) is 8.36. The lowest BCUT2D eigenvalue weighted by Gasteiger charge is -2.00. The van der Waals surface area contributed by atoms with Gasteiger partial charge in [-0.3, -0.25) is 0 Å². The number of hydrogen-bond acceptors (Lipinski definition) is 3. The predicted molar refractivity (Wildman–Crippen MR) is 72.9 cm³/mol. The van der Waals surface area contributed by atoms with Crippen LogP contribution in [0, 0.1) is 0 Å². The van der Waals surface area contributed by atoms with Crippen molar-refractivity contribution in [3.63, 3.8) is 0 Å². The molecule has 2 aromatic heterocycles. The highest BCUT2D eigenvalue weighted by Gasteiger charge is 2.03. The van der Waals surface area contributed by atoms with Crippen molar-refractivity contribution in [3.05, 3.63) is 52.7 Å². The Hall–Kier alpha value is -1.71. The first-order valence-electron chi connectivity index (χ1n) is 5.50. The maximum atomic E-state index is 5.62. The highest BCUT2D eigenvalue weighted by Crippen LogP contribution is 2.25. The van der Waals surface area contributed by atoms with E-state index in [-0.39, 0.29) is 0 Å². The largest absolute Gasteiger partial charge is 0.326 e. The Morgan fingerprint density at radius 1 is 1.12 bits per heavy atom. The molecule has 1 aromatic carbocycles. The van der Waals surface area contributed by atoms with Crippen LogP contribution in [0.5, 0.6) is 0 Å². The number of benzene rings is 1. The van der Waals surface area contributed by atoms with E-state index in [1.807, 2.05) is 18.2 Å². The zero-order chi connectivity index (χ0) is 11.7. The number of para-hydroxylation sites is 1. The van der Waals surface area contributed by atoms with Crippen LogP contribution >= 0.6 is 11.3 Å². The summed E-state index contributed by atoms with van der Waals surface area (Å²) in [5.74, 6) is 0. The number of thiophene rings is 1. The topological polar surface area (TPSA) is 38.9 Å². The molecule has 0 radical (unpaired) electrons. The van der Waals surface area contributed by atoms with E-state index >= 15 is 0 Å². The number of nitrogens with two attached hydrogens (primary N) is 1. The molecule has 0 aliphatic heterocycles. The van der Waals surface area contributed by atoms with Gasteiger partial charge in [0.05, 0.1) is 11.2 Å². The molecular formula is C14H12N2S. The summed E-state index contributed by atoms with van der Waals surface area (Å²) >= 11 is 1.68. The first kappa shape index (κ1) is 10.4. The third-order valence-electron chi connectivity index (χ3n) is 2.75. The summed E-state index contributed by atoms with van der Waals surface area (Å²) in [5.41, 5.74) is 8.82. The molecule has 0 amide bonds. The summed E-state index contributed by atoms with van der Waals surface area (Å²) in [6.45, 7) is 0.595. The van der Waals surface area contributed by atoms with Gasteiger partial charge in [0.1, 0.15) is 0 Å². The van der Waals surface area contributed by atoms with Gasteiger partial charge < -0.3 is 5.73 Å². The first-order valence-corrected chi connectivity index (χ1v) is 6.38. The van der Waals surface area contributed by atoms with E-state index in [1.165, 1.54) is 10.3 Å². The Kier molecular flexibility index (Phi) is 2.63. The van der Waals surface area contributed by atoms with Crippen molar-refractivity contribution in [3.8, 4) is 11.3 Å². The van der Waals surface area contributed by atoms with Gasteiger partial charge in [0, 0.05) is 27.8 Å². The van der Waals surface area contributed by atoms with Crippen LogP contribution in [0.4, 0.5) is 0 Å². The molecular weight excluding hydrogens is 228 g/mol. The van der Waals surface area contributed by atoms with E-state index in [0.29, 0.717) is 6.54 Å². The second-order valence-corrected chi connectivity index (χ2v) is 4.89. The van der Waals surface area contributed by atoms with Gasteiger partial charge in [-0.1, -0.05) is 24.3 Å². The Labute approximate surface area is 104 Å². The van der Waals surface area contributed by atoms with Gasteiger partial charge >= 0.3 is 0 Å². The second kappa shape index (κ2) is 4.28. The summed E-state index contributed by atoms with van der Waals surface area (Å²) in [6, 6.07) is 14.4. The van der Waals surface area contributed by atoms with Crippen LogP contribution < -0.4 is 5.73 Å². The van der Waals surface area contributed by atoms with Crippen LogP contribution in [-0.2, 0) is 6.54 Å². The summed E-state index contributed by atoms with van der Waals surface area (Å²) in [5, 5.41) is 3.28. The van der Waals surface area contributed by atoms with E-state index in [2.05, 4.69) is 34.6 Å². The molecule has 0 spiro atoms. The zero-order valence-electron chi connectivity index (χ0n) is 9.26. The highest BCUT2D eigenvalue weighted by molar-refractivity contribution is 7.10. The van der Waals surface area contributed by atoms with Crippen LogP contribution in [0.2, 0.25) is 0 Å². The van der Waals surface area contributed by atoms with E-state index < -0.39 is 0 Å². The average molecular weight is 240 g/mol. The lowest BCUT2D eigenvalue weighted by molar-refractivity contribution is 1.11. The predicted octanol–water partition coefficient (Wildman–Crippen LogP) is 3.42. The molecule has 0 bridgehead atoms. The molecule has 0 saturated heterocycles. The summed E-state index contributed by atoms with van der Waals surface area (Å²) in [4.78, 5) is 5.85. The fourth-order valence-electron chi connectivity index (χ4n) is 1.85. The monoisotopic (exact) mass is 240 g/mol. The van der Waals surface area contributed by atoms with Crippen molar-refractivity contribution in [1.82, 2.24) is 4.98 Å². The highest BCUT2D eigenvalue weighted by atomic mass is 32.1. The Bertz CT molecular complexity index is 658. The van der Waals surface area contributed by atoms with Gasteiger partial charge in [0.25, 0.3) is 0 Å². The molecule has 2 N–H and O–H groups in total. The van der Waals surface area contributed by atoms with Crippen LogP contribution in [0.3, 0.4) is 0 Å². The van der Waals surface area contributed by atoms with Gasteiger partial charge in [-0.2, -0.15) is 0 Å². The molecule has 0 saturated carbocycles.